The maximum Gasteiger partial charge on any atom is 0.258 e. The molecule has 0 saturated carbocycles. The number of nitrogens with two attached hydrogens (primary N) is 1. The normalized spacial score (nSPS) is 17.9. The van der Waals surface area contributed by atoms with Crippen LogP contribution in [0.15, 0.2) is 42.5 Å². The van der Waals surface area contributed by atoms with E-state index >= 15 is 0 Å². The summed E-state index contributed by atoms with van der Waals surface area (Å²) in [7, 11) is 3.92. The molecule has 1 aliphatic heterocycles. The molecule has 3 rings (SSSR count). The fourth-order valence-corrected chi connectivity index (χ4v) is 4.70. The largest absolute Gasteiger partial charge is 0.486 e. The van der Waals surface area contributed by atoms with Crippen molar-refractivity contribution in [1.82, 2.24) is 9.80 Å². The zero-order valence-corrected chi connectivity index (χ0v) is 24.0. The highest BCUT2D eigenvalue weighted by Crippen LogP contribution is 2.35. The van der Waals surface area contributed by atoms with Gasteiger partial charge in [0.05, 0.1) is 35.3 Å². The first kappa shape index (κ1) is 30.9. The van der Waals surface area contributed by atoms with Crippen LogP contribution in [-0.4, -0.2) is 78.6 Å². The SMILES string of the molecule is C[C@H](CO)N1C[C@H](C)[C@H](CN(C)C)Oc2c(NC(=O)CCCCCC(=O)Nc3ccccc3N)cccc2C1=O. The molecule has 0 aliphatic carbocycles. The highest BCUT2D eigenvalue weighted by atomic mass is 16.5. The van der Waals surface area contributed by atoms with Crippen molar-refractivity contribution in [3.63, 3.8) is 0 Å². The summed E-state index contributed by atoms with van der Waals surface area (Å²) in [5, 5.41) is 15.5. The summed E-state index contributed by atoms with van der Waals surface area (Å²) < 4.78 is 6.43. The number of hydrogen-bond donors (Lipinski definition) is 4. The maximum absolute atomic E-state index is 13.5. The Hall–Kier alpha value is -3.63. The van der Waals surface area contributed by atoms with Crippen molar-refractivity contribution in [3.05, 3.63) is 48.0 Å². The van der Waals surface area contributed by atoms with Crippen LogP contribution in [0.5, 0.6) is 5.75 Å². The zero-order chi connectivity index (χ0) is 29.2. The number of nitrogens with zero attached hydrogens (tertiary/aromatic N) is 2. The van der Waals surface area contributed by atoms with E-state index in [2.05, 4.69) is 10.6 Å². The molecular formula is C30H43N5O5. The van der Waals surface area contributed by atoms with Gasteiger partial charge in [-0.2, -0.15) is 0 Å². The van der Waals surface area contributed by atoms with Gasteiger partial charge in [0.25, 0.3) is 5.91 Å². The van der Waals surface area contributed by atoms with E-state index in [9.17, 15) is 19.5 Å². The predicted molar refractivity (Wildman–Crippen MR) is 157 cm³/mol. The van der Waals surface area contributed by atoms with Crippen molar-refractivity contribution in [2.75, 3.05) is 50.2 Å². The fourth-order valence-electron chi connectivity index (χ4n) is 4.70. The van der Waals surface area contributed by atoms with Crippen LogP contribution in [0.1, 0.15) is 56.3 Å². The quantitative estimate of drug-likeness (QED) is 0.233. The van der Waals surface area contributed by atoms with Crippen LogP contribution >= 0.6 is 0 Å². The molecule has 0 radical (unpaired) electrons. The van der Waals surface area contributed by atoms with Crippen LogP contribution in [0, 0.1) is 5.92 Å². The number of anilines is 3. The van der Waals surface area contributed by atoms with Crippen LogP contribution in [0.2, 0.25) is 0 Å². The number of likely N-dealkylation sites (N-methyl/N-ethyl adjacent to an activating group) is 1. The molecule has 3 amide bonds. The second kappa shape index (κ2) is 14.7. The summed E-state index contributed by atoms with van der Waals surface area (Å²) in [5.74, 6) is -0.193. The van der Waals surface area contributed by atoms with E-state index in [1.807, 2.05) is 45.0 Å². The number of fused-ring (bicyclic) bond motifs is 1. The number of rotatable bonds is 12. The molecule has 218 valence electrons. The Morgan fingerprint density at radius 1 is 1.05 bits per heavy atom. The first-order valence-electron chi connectivity index (χ1n) is 13.9. The van der Waals surface area contributed by atoms with Crippen LogP contribution < -0.4 is 21.1 Å². The lowest BCUT2D eigenvalue weighted by atomic mass is 9.99. The molecule has 0 unspecified atom stereocenters. The number of aliphatic hydroxyl groups is 1. The van der Waals surface area contributed by atoms with Gasteiger partial charge in [0, 0.05) is 31.8 Å². The smallest absolute Gasteiger partial charge is 0.258 e. The summed E-state index contributed by atoms with van der Waals surface area (Å²) in [5.41, 5.74) is 7.80. The third kappa shape index (κ3) is 8.43. The van der Waals surface area contributed by atoms with Gasteiger partial charge in [0.1, 0.15) is 6.10 Å². The van der Waals surface area contributed by atoms with E-state index in [0.29, 0.717) is 67.1 Å². The number of aliphatic hydroxyl groups excluding tert-OH is 1. The Bertz CT molecular complexity index is 1170. The molecule has 0 saturated heterocycles. The van der Waals surface area contributed by atoms with Crippen LogP contribution in [-0.2, 0) is 9.59 Å². The average molecular weight is 554 g/mol. The molecule has 3 atom stereocenters. The summed E-state index contributed by atoms with van der Waals surface area (Å²) in [6.45, 7) is 4.78. The molecule has 5 N–H and O–H groups in total. The number of carbonyl (C=O) groups excluding carboxylic acids is 3. The van der Waals surface area contributed by atoms with E-state index in [4.69, 9.17) is 10.5 Å². The third-order valence-electron chi connectivity index (χ3n) is 7.05. The summed E-state index contributed by atoms with van der Waals surface area (Å²) in [6, 6.07) is 11.9. The highest BCUT2D eigenvalue weighted by molar-refractivity contribution is 6.01. The van der Waals surface area contributed by atoms with E-state index in [0.717, 1.165) is 0 Å². The lowest BCUT2D eigenvalue weighted by molar-refractivity contribution is -0.116. The van der Waals surface area contributed by atoms with Crippen molar-refractivity contribution < 1.29 is 24.2 Å². The molecule has 1 heterocycles. The summed E-state index contributed by atoms with van der Waals surface area (Å²) >= 11 is 0. The molecule has 0 spiro atoms. The standard InChI is InChI=1S/C30H43N5O5/c1-20-17-35(21(2)19-36)30(39)22-11-10-14-25(29(22)40-26(20)18-34(3)4)33-28(38)16-7-5-6-15-27(37)32-24-13-9-8-12-23(24)31/h8-14,20-21,26,36H,5-7,15-19,31H2,1-4H3,(H,32,37)(H,33,38)/t20-,21+,26-/m0/s1. The molecule has 0 bridgehead atoms. The minimum atomic E-state index is -0.355. The zero-order valence-electron chi connectivity index (χ0n) is 24.0. The number of para-hydroxylation sites is 3. The monoisotopic (exact) mass is 553 g/mol. The molecule has 40 heavy (non-hydrogen) atoms. The van der Waals surface area contributed by atoms with E-state index in [-0.39, 0.29) is 48.8 Å². The van der Waals surface area contributed by atoms with Crippen molar-refractivity contribution in [3.8, 4) is 5.75 Å². The molecule has 0 aromatic heterocycles. The van der Waals surface area contributed by atoms with Crippen LogP contribution in [0.3, 0.4) is 0 Å². The maximum atomic E-state index is 13.5. The van der Waals surface area contributed by atoms with Crippen molar-refractivity contribution in [2.45, 2.75) is 58.1 Å². The summed E-state index contributed by atoms with van der Waals surface area (Å²) in [4.78, 5) is 42.3. The number of unbranched alkanes of at least 4 members (excludes halogenated alkanes) is 2. The molecule has 10 heteroatoms. The van der Waals surface area contributed by atoms with Gasteiger partial charge in [-0.1, -0.05) is 31.5 Å². The Balaban J connectivity index is 1.62. The number of benzene rings is 2. The number of carbonyl (C=O) groups is 3. The van der Waals surface area contributed by atoms with Gasteiger partial charge >= 0.3 is 0 Å². The number of hydrogen-bond acceptors (Lipinski definition) is 7. The van der Waals surface area contributed by atoms with E-state index in [1.165, 1.54) is 0 Å². The lowest BCUT2D eigenvalue weighted by Gasteiger charge is -2.38. The topological polar surface area (TPSA) is 137 Å². The van der Waals surface area contributed by atoms with Gasteiger partial charge in [-0.05, 0) is 58.1 Å². The van der Waals surface area contributed by atoms with Gasteiger partial charge in [-0.25, -0.2) is 0 Å². The van der Waals surface area contributed by atoms with Crippen molar-refractivity contribution in [1.29, 1.82) is 0 Å². The van der Waals surface area contributed by atoms with Crippen LogP contribution in [0.25, 0.3) is 0 Å². The van der Waals surface area contributed by atoms with Crippen LogP contribution in [0.4, 0.5) is 17.1 Å². The Morgan fingerprint density at radius 3 is 2.30 bits per heavy atom. The molecule has 10 nitrogen and oxygen atoms in total. The van der Waals surface area contributed by atoms with Gasteiger partial charge in [-0.15, -0.1) is 0 Å². The number of amides is 3. The van der Waals surface area contributed by atoms with Crippen molar-refractivity contribution >= 4 is 34.8 Å². The second-order valence-corrected chi connectivity index (χ2v) is 10.8. The summed E-state index contributed by atoms with van der Waals surface area (Å²) in [6.07, 6.45) is 2.35. The molecule has 2 aromatic rings. The lowest BCUT2D eigenvalue weighted by Crippen LogP contribution is -2.49. The minimum Gasteiger partial charge on any atom is -0.486 e. The molecule has 1 aliphatic rings. The first-order chi connectivity index (χ1) is 19.1. The fraction of sp³-hybridized carbons (Fsp3) is 0.500. The van der Waals surface area contributed by atoms with Gasteiger partial charge in [0.2, 0.25) is 11.8 Å². The first-order valence-corrected chi connectivity index (χ1v) is 13.9. The van der Waals surface area contributed by atoms with Gasteiger partial charge in [-0.3, -0.25) is 14.4 Å². The van der Waals surface area contributed by atoms with E-state index < -0.39 is 0 Å². The highest BCUT2D eigenvalue weighted by Gasteiger charge is 2.34. The number of ether oxygens (including phenoxy) is 1. The third-order valence-corrected chi connectivity index (χ3v) is 7.05. The molecule has 2 aromatic carbocycles. The average Bonchev–Trinajstić information content (AvgIpc) is 2.91. The number of nitrogens with one attached hydrogen (secondary N) is 2. The Morgan fingerprint density at radius 2 is 1.68 bits per heavy atom. The van der Waals surface area contributed by atoms with E-state index in [1.54, 1.807) is 35.2 Å². The number of nitrogen functional groups attached to an aromatic ring is 1. The minimum absolute atomic E-state index is 0.00668. The second-order valence-electron chi connectivity index (χ2n) is 10.8. The Kier molecular flexibility index (Phi) is 11.3. The van der Waals surface area contributed by atoms with Gasteiger partial charge < -0.3 is 36.0 Å². The predicted octanol–water partition coefficient (Wildman–Crippen LogP) is 3.58. The Labute approximate surface area is 236 Å². The van der Waals surface area contributed by atoms with Crippen molar-refractivity contribution in [2.24, 2.45) is 5.92 Å². The molecule has 0 fully saturated rings. The van der Waals surface area contributed by atoms with Gasteiger partial charge in [0.15, 0.2) is 5.75 Å². The molecular weight excluding hydrogens is 510 g/mol.